The molecule has 1 N–H and O–H groups in total. The lowest BCUT2D eigenvalue weighted by molar-refractivity contribution is -0.384. The highest BCUT2D eigenvalue weighted by Gasteiger charge is 2.27. The number of hydrogen-bond acceptors (Lipinski definition) is 6. The van der Waals surface area contributed by atoms with Crippen LogP contribution in [-0.2, 0) is 10.0 Å². The third kappa shape index (κ3) is 4.66. The van der Waals surface area contributed by atoms with Crippen molar-refractivity contribution in [3.63, 3.8) is 0 Å². The van der Waals surface area contributed by atoms with Crippen LogP contribution in [0, 0.1) is 10.1 Å². The van der Waals surface area contributed by atoms with Crippen LogP contribution in [0.2, 0.25) is 0 Å². The van der Waals surface area contributed by atoms with Crippen molar-refractivity contribution in [2.75, 3.05) is 13.1 Å². The van der Waals surface area contributed by atoms with Crippen molar-refractivity contribution < 1.29 is 18.1 Å². The molecule has 3 rings (SSSR count). The van der Waals surface area contributed by atoms with Crippen molar-refractivity contribution in [3.05, 3.63) is 69.8 Å². The van der Waals surface area contributed by atoms with Gasteiger partial charge in [0.2, 0.25) is 10.0 Å². The third-order valence-electron chi connectivity index (χ3n) is 4.62. The predicted octanol–water partition coefficient (Wildman–Crippen LogP) is 2.53. The highest BCUT2D eigenvalue weighted by molar-refractivity contribution is 7.89. The first-order valence-corrected chi connectivity index (χ1v) is 10.4. The van der Waals surface area contributed by atoms with Gasteiger partial charge in [-0.15, -0.1) is 0 Å². The van der Waals surface area contributed by atoms with Gasteiger partial charge in [0, 0.05) is 30.8 Å². The molecule has 1 amide bonds. The number of rotatable bonds is 6. The smallest absolute Gasteiger partial charge is 0.267 e. The Hall–Kier alpha value is -3.11. The van der Waals surface area contributed by atoms with E-state index in [1.54, 1.807) is 6.92 Å². The van der Waals surface area contributed by atoms with Crippen LogP contribution in [0.1, 0.15) is 35.7 Å². The summed E-state index contributed by atoms with van der Waals surface area (Å²) in [6, 6.07) is 11.6. The van der Waals surface area contributed by atoms with E-state index < -0.39 is 20.9 Å². The molecule has 0 bridgehead atoms. The summed E-state index contributed by atoms with van der Waals surface area (Å²) in [5.41, 5.74) is 3.59. The first-order valence-electron chi connectivity index (χ1n) is 8.99. The van der Waals surface area contributed by atoms with Gasteiger partial charge < -0.3 is 0 Å². The Morgan fingerprint density at radius 3 is 2.38 bits per heavy atom. The second kappa shape index (κ2) is 8.50. The fourth-order valence-electron chi connectivity index (χ4n) is 2.96. The minimum atomic E-state index is -3.62. The number of non-ortho nitro benzene ring substituents is 1. The third-order valence-corrected chi connectivity index (χ3v) is 6.51. The van der Waals surface area contributed by atoms with Crippen molar-refractivity contribution in [1.29, 1.82) is 0 Å². The molecule has 2 aromatic rings. The van der Waals surface area contributed by atoms with Gasteiger partial charge in [0.15, 0.2) is 0 Å². The normalized spacial score (nSPS) is 15.3. The van der Waals surface area contributed by atoms with E-state index >= 15 is 0 Å². The molecule has 0 unspecified atom stereocenters. The summed E-state index contributed by atoms with van der Waals surface area (Å²) in [5.74, 6) is -0.551. The number of nitrogens with zero attached hydrogens (tertiary/aromatic N) is 3. The van der Waals surface area contributed by atoms with E-state index in [2.05, 4.69) is 10.5 Å². The highest BCUT2D eigenvalue weighted by Crippen LogP contribution is 2.21. The van der Waals surface area contributed by atoms with Gasteiger partial charge in [-0.1, -0.05) is 6.07 Å². The fourth-order valence-corrected chi connectivity index (χ4v) is 4.53. The quantitative estimate of drug-likeness (QED) is 0.440. The van der Waals surface area contributed by atoms with Gasteiger partial charge in [-0.3, -0.25) is 14.9 Å². The van der Waals surface area contributed by atoms with Crippen LogP contribution in [0.5, 0.6) is 0 Å². The van der Waals surface area contributed by atoms with E-state index in [1.807, 2.05) is 0 Å². The van der Waals surface area contributed by atoms with Crippen LogP contribution >= 0.6 is 0 Å². The van der Waals surface area contributed by atoms with Crippen molar-refractivity contribution in [2.24, 2.45) is 5.10 Å². The molecule has 9 nitrogen and oxygen atoms in total. The molecule has 152 valence electrons. The Balaban J connectivity index is 1.73. The van der Waals surface area contributed by atoms with Crippen molar-refractivity contribution in [1.82, 2.24) is 9.73 Å². The molecule has 10 heteroatoms. The molecule has 0 aliphatic carbocycles. The summed E-state index contributed by atoms with van der Waals surface area (Å²) in [7, 11) is -3.62. The van der Waals surface area contributed by atoms with Crippen LogP contribution in [0.15, 0.2) is 58.5 Å². The number of carbonyl (C=O) groups excluding carboxylic acids is 1. The van der Waals surface area contributed by atoms with Gasteiger partial charge in [0.05, 0.1) is 15.5 Å². The Labute approximate surface area is 168 Å². The van der Waals surface area contributed by atoms with Gasteiger partial charge >= 0.3 is 0 Å². The minimum Gasteiger partial charge on any atom is -0.267 e. The number of hydrogen-bond donors (Lipinski definition) is 1. The Morgan fingerprint density at radius 2 is 1.76 bits per heavy atom. The fraction of sp³-hybridized carbons (Fsp3) is 0.263. The number of hydrazone groups is 1. The Bertz CT molecular complexity index is 1060. The molecule has 0 atom stereocenters. The maximum Gasteiger partial charge on any atom is 0.271 e. The molecule has 0 radical (unpaired) electrons. The average molecular weight is 416 g/mol. The lowest BCUT2D eigenvalue weighted by Gasteiger charge is -2.15. The molecule has 2 aromatic carbocycles. The largest absolute Gasteiger partial charge is 0.271 e. The second-order valence-electron chi connectivity index (χ2n) is 6.58. The zero-order valence-corrected chi connectivity index (χ0v) is 16.6. The molecule has 1 aliphatic rings. The van der Waals surface area contributed by atoms with E-state index in [1.165, 1.54) is 52.8 Å². The Kier molecular flexibility index (Phi) is 6.04. The van der Waals surface area contributed by atoms with E-state index in [9.17, 15) is 23.3 Å². The van der Waals surface area contributed by atoms with E-state index in [-0.39, 0.29) is 16.1 Å². The highest BCUT2D eigenvalue weighted by atomic mass is 32.2. The molecule has 0 saturated carbocycles. The molecular weight excluding hydrogens is 396 g/mol. The molecule has 1 aliphatic heterocycles. The van der Waals surface area contributed by atoms with E-state index in [0.717, 1.165) is 12.8 Å². The van der Waals surface area contributed by atoms with E-state index in [4.69, 9.17) is 0 Å². The standard InChI is InChI=1S/C19H20N4O5S/c1-14(15-7-9-17(10-8-15)23(25)26)20-21-19(24)16-5-4-6-18(13-16)29(27,28)22-11-2-3-12-22/h4-10,13H,2-3,11-12H2,1H3,(H,21,24)/b20-14-. The van der Waals surface area contributed by atoms with Crippen LogP contribution in [-0.4, -0.2) is 42.4 Å². The lowest BCUT2D eigenvalue weighted by atomic mass is 10.1. The summed E-state index contributed by atoms with van der Waals surface area (Å²) in [5, 5.41) is 14.7. The van der Waals surface area contributed by atoms with Gasteiger partial charge in [-0.25, -0.2) is 13.8 Å². The molecule has 0 spiro atoms. The monoisotopic (exact) mass is 416 g/mol. The number of nitro benzene ring substituents is 1. The molecule has 29 heavy (non-hydrogen) atoms. The molecule has 0 aromatic heterocycles. The number of sulfonamides is 1. The van der Waals surface area contributed by atoms with Crippen molar-refractivity contribution in [3.8, 4) is 0 Å². The zero-order valence-electron chi connectivity index (χ0n) is 15.7. The Morgan fingerprint density at radius 1 is 1.10 bits per heavy atom. The number of carbonyl (C=O) groups is 1. The van der Waals surface area contributed by atoms with Crippen molar-refractivity contribution >= 4 is 27.3 Å². The summed E-state index contributed by atoms with van der Waals surface area (Å²) in [6.45, 7) is 2.62. The number of benzene rings is 2. The van der Waals surface area contributed by atoms with Crippen LogP contribution in [0.3, 0.4) is 0 Å². The average Bonchev–Trinajstić information content (AvgIpc) is 3.27. The summed E-state index contributed by atoms with van der Waals surface area (Å²) in [6.07, 6.45) is 1.66. The van der Waals surface area contributed by atoms with Gasteiger partial charge in [0.1, 0.15) is 0 Å². The SMILES string of the molecule is C/C(=N/NC(=O)c1cccc(S(=O)(=O)N2CCCC2)c1)c1ccc([N+](=O)[O-])cc1. The molecule has 1 saturated heterocycles. The maximum atomic E-state index is 12.7. The molecule has 1 heterocycles. The maximum absolute atomic E-state index is 12.7. The van der Waals surface area contributed by atoms with Crippen LogP contribution in [0.25, 0.3) is 0 Å². The van der Waals surface area contributed by atoms with E-state index in [0.29, 0.717) is 24.4 Å². The summed E-state index contributed by atoms with van der Waals surface area (Å²) in [4.78, 5) is 22.7. The number of nitrogens with one attached hydrogen (secondary N) is 1. The zero-order chi connectivity index (χ0) is 21.0. The topological polar surface area (TPSA) is 122 Å². The van der Waals surface area contributed by atoms with Crippen molar-refractivity contribution in [2.45, 2.75) is 24.7 Å². The number of amides is 1. The first kappa shape index (κ1) is 20.6. The summed E-state index contributed by atoms with van der Waals surface area (Å²) < 4.78 is 26.7. The predicted molar refractivity (Wildman–Crippen MR) is 107 cm³/mol. The van der Waals surface area contributed by atoms with Gasteiger partial charge in [-0.2, -0.15) is 9.41 Å². The minimum absolute atomic E-state index is 0.0402. The molecule has 1 fully saturated rings. The van der Waals surface area contributed by atoms with Crippen LogP contribution in [0.4, 0.5) is 5.69 Å². The lowest BCUT2D eigenvalue weighted by Crippen LogP contribution is -2.28. The number of nitro groups is 1. The van der Waals surface area contributed by atoms with Gasteiger partial charge in [0.25, 0.3) is 11.6 Å². The second-order valence-corrected chi connectivity index (χ2v) is 8.52. The first-order chi connectivity index (χ1) is 13.8. The summed E-state index contributed by atoms with van der Waals surface area (Å²) >= 11 is 0. The van der Waals surface area contributed by atoms with Gasteiger partial charge in [-0.05, 0) is 55.7 Å². The molecular formula is C19H20N4O5S. The van der Waals surface area contributed by atoms with Crippen LogP contribution < -0.4 is 5.43 Å².